The second-order valence-electron chi connectivity index (χ2n) is 10.3. The van der Waals surface area contributed by atoms with Gasteiger partial charge >= 0.3 is 6.18 Å². The highest BCUT2D eigenvalue weighted by Gasteiger charge is 2.59. The standard InChI is InChI=1S/C27H26F4N6O3S/c1-34-7-9-35(10-8-34)23(38)16-40-15-17-3-4-18(12-21(17)28)37-25(41)36(24(39)26(37)5-2-6-26)19-11-20(27(29,30)31)22(13-32)33-14-19/h3-4,11-12,14H,2,5-10,15-16H2,1H3. The van der Waals surface area contributed by atoms with Crippen molar-refractivity contribution < 1.29 is 31.9 Å². The van der Waals surface area contributed by atoms with E-state index in [1.54, 1.807) is 11.0 Å². The maximum Gasteiger partial charge on any atom is 0.419 e. The molecule has 5 rings (SSSR count). The topological polar surface area (TPSA) is 93.0 Å². The van der Waals surface area contributed by atoms with E-state index in [1.165, 1.54) is 23.1 Å². The molecule has 9 nitrogen and oxygen atoms in total. The Hall–Kier alpha value is -3.67. The van der Waals surface area contributed by atoms with Crippen LogP contribution in [0.2, 0.25) is 0 Å². The highest BCUT2D eigenvalue weighted by atomic mass is 32.1. The summed E-state index contributed by atoms with van der Waals surface area (Å²) >= 11 is 5.56. The molecular weight excluding hydrogens is 564 g/mol. The van der Waals surface area contributed by atoms with Crippen LogP contribution in [0.1, 0.15) is 36.1 Å². The first kappa shape index (κ1) is 28.8. The van der Waals surface area contributed by atoms with Crippen LogP contribution < -0.4 is 9.80 Å². The van der Waals surface area contributed by atoms with Gasteiger partial charge in [-0.2, -0.15) is 18.4 Å². The Morgan fingerprint density at radius 1 is 1.17 bits per heavy atom. The number of anilines is 2. The first-order valence-corrected chi connectivity index (χ1v) is 13.4. The van der Waals surface area contributed by atoms with E-state index < -0.39 is 34.7 Å². The number of nitrogens with zero attached hydrogens (tertiary/aromatic N) is 6. The molecule has 1 aliphatic carbocycles. The Balaban J connectivity index is 1.34. The zero-order valence-electron chi connectivity index (χ0n) is 22.1. The van der Waals surface area contributed by atoms with Crippen molar-refractivity contribution in [3.63, 3.8) is 0 Å². The highest BCUT2D eigenvalue weighted by Crippen LogP contribution is 2.48. The number of carbonyl (C=O) groups is 2. The Bertz CT molecular complexity index is 1430. The average Bonchev–Trinajstić information content (AvgIpc) is 3.15. The molecule has 0 radical (unpaired) electrons. The van der Waals surface area contributed by atoms with Gasteiger partial charge in [0.2, 0.25) is 5.91 Å². The summed E-state index contributed by atoms with van der Waals surface area (Å²) in [7, 11) is 1.98. The van der Waals surface area contributed by atoms with Gasteiger partial charge in [0.15, 0.2) is 10.8 Å². The number of rotatable bonds is 6. The number of piperazine rings is 1. The molecule has 3 fully saturated rings. The molecule has 0 N–H and O–H groups in total. The van der Waals surface area contributed by atoms with Crippen LogP contribution in [-0.2, 0) is 27.1 Å². The lowest BCUT2D eigenvalue weighted by Gasteiger charge is -2.43. The van der Waals surface area contributed by atoms with Crippen molar-refractivity contribution in [2.24, 2.45) is 0 Å². The average molecular weight is 591 g/mol. The minimum atomic E-state index is -4.87. The number of aromatic nitrogens is 1. The number of pyridine rings is 1. The number of nitriles is 1. The number of amides is 2. The van der Waals surface area contributed by atoms with E-state index in [9.17, 15) is 22.8 Å². The van der Waals surface area contributed by atoms with Crippen LogP contribution in [0, 0.1) is 17.1 Å². The number of carbonyl (C=O) groups excluding carboxylic acids is 2. The number of ether oxygens (including phenoxy) is 1. The maximum absolute atomic E-state index is 15.2. The molecule has 1 aromatic carbocycles. The highest BCUT2D eigenvalue weighted by molar-refractivity contribution is 7.81. The minimum absolute atomic E-state index is 0.115. The zero-order chi connectivity index (χ0) is 29.5. The number of halogens is 4. The van der Waals surface area contributed by atoms with Crippen LogP contribution >= 0.6 is 12.2 Å². The second-order valence-corrected chi connectivity index (χ2v) is 10.7. The van der Waals surface area contributed by atoms with Gasteiger partial charge in [-0.05, 0) is 56.7 Å². The molecule has 1 saturated carbocycles. The molecule has 0 bridgehead atoms. The quantitative estimate of drug-likeness (QED) is 0.373. The smallest absolute Gasteiger partial charge is 0.367 e. The fourth-order valence-electron chi connectivity index (χ4n) is 5.28. The number of hydrogen-bond donors (Lipinski definition) is 0. The van der Waals surface area contributed by atoms with Gasteiger partial charge in [0.05, 0.1) is 24.1 Å². The lowest BCUT2D eigenvalue weighted by Crippen LogP contribution is -2.55. The molecule has 0 unspecified atom stereocenters. The molecule has 2 aliphatic heterocycles. The monoisotopic (exact) mass is 590 g/mol. The third kappa shape index (κ3) is 5.25. The van der Waals surface area contributed by atoms with E-state index in [0.717, 1.165) is 24.2 Å². The molecule has 41 heavy (non-hydrogen) atoms. The van der Waals surface area contributed by atoms with E-state index in [0.29, 0.717) is 38.4 Å². The Kier molecular flexibility index (Phi) is 7.71. The summed E-state index contributed by atoms with van der Waals surface area (Å²) in [5.74, 6) is -1.35. The van der Waals surface area contributed by atoms with Gasteiger partial charge in [-0.15, -0.1) is 0 Å². The van der Waals surface area contributed by atoms with Crippen LogP contribution in [0.15, 0.2) is 30.5 Å². The molecule has 1 aromatic heterocycles. The predicted molar refractivity (Wildman–Crippen MR) is 143 cm³/mol. The molecule has 3 aliphatic rings. The molecule has 216 valence electrons. The summed E-state index contributed by atoms with van der Waals surface area (Å²) < 4.78 is 61.4. The number of benzene rings is 1. The fourth-order valence-corrected chi connectivity index (χ4v) is 5.75. The van der Waals surface area contributed by atoms with Gasteiger partial charge in [0.25, 0.3) is 5.91 Å². The van der Waals surface area contributed by atoms with Gasteiger partial charge in [-0.3, -0.25) is 14.5 Å². The van der Waals surface area contributed by atoms with Crippen molar-refractivity contribution in [3.05, 3.63) is 53.1 Å². The fraction of sp³-hybridized carbons (Fsp3) is 0.444. The normalized spacial score (nSPS) is 19.1. The summed E-state index contributed by atoms with van der Waals surface area (Å²) in [6.45, 7) is 2.41. The number of likely N-dealkylation sites (N-methyl/N-ethyl adjacent to an activating group) is 1. The summed E-state index contributed by atoms with van der Waals surface area (Å²) in [5, 5.41) is 8.95. The van der Waals surface area contributed by atoms with Crippen molar-refractivity contribution in [1.82, 2.24) is 14.8 Å². The molecule has 0 atom stereocenters. The van der Waals surface area contributed by atoms with E-state index in [-0.39, 0.29) is 41.2 Å². The number of thiocarbonyl (C=S) groups is 1. The van der Waals surface area contributed by atoms with Gasteiger partial charge in [0, 0.05) is 37.4 Å². The van der Waals surface area contributed by atoms with E-state index in [2.05, 4.69) is 9.88 Å². The van der Waals surface area contributed by atoms with Crippen LogP contribution in [0.25, 0.3) is 0 Å². The molecule has 3 heterocycles. The van der Waals surface area contributed by atoms with Gasteiger partial charge < -0.3 is 19.4 Å². The number of alkyl halides is 3. The van der Waals surface area contributed by atoms with Gasteiger partial charge in [-0.1, -0.05) is 6.07 Å². The second kappa shape index (κ2) is 11.0. The van der Waals surface area contributed by atoms with E-state index in [1.807, 2.05) is 7.05 Å². The lowest BCUT2D eigenvalue weighted by molar-refractivity contribution is -0.138. The third-order valence-corrected chi connectivity index (χ3v) is 8.13. The molecular formula is C27H26F4N6O3S. The van der Waals surface area contributed by atoms with Crippen LogP contribution in [0.3, 0.4) is 0 Å². The third-order valence-electron chi connectivity index (χ3n) is 7.77. The van der Waals surface area contributed by atoms with Crippen LogP contribution in [0.4, 0.5) is 28.9 Å². The minimum Gasteiger partial charge on any atom is -0.367 e. The summed E-state index contributed by atoms with van der Waals surface area (Å²) in [5.41, 5.74) is -3.03. The van der Waals surface area contributed by atoms with Crippen molar-refractivity contribution in [2.75, 3.05) is 49.6 Å². The number of hydrogen-bond acceptors (Lipinski definition) is 7. The summed E-state index contributed by atoms with van der Waals surface area (Å²) in [6, 6.07) is 6.32. The summed E-state index contributed by atoms with van der Waals surface area (Å²) in [6.07, 6.45) is -2.45. The largest absolute Gasteiger partial charge is 0.419 e. The zero-order valence-corrected chi connectivity index (χ0v) is 22.9. The van der Waals surface area contributed by atoms with Crippen LogP contribution in [-0.4, -0.2) is 77.1 Å². The molecule has 1 spiro atoms. The lowest BCUT2D eigenvalue weighted by atomic mass is 9.75. The Morgan fingerprint density at radius 2 is 1.88 bits per heavy atom. The van der Waals surface area contributed by atoms with E-state index >= 15 is 4.39 Å². The van der Waals surface area contributed by atoms with Gasteiger partial charge in [-0.25, -0.2) is 9.37 Å². The van der Waals surface area contributed by atoms with Crippen molar-refractivity contribution >= 4 is 40.5 Å². The van der Waals surface area contributed by atoms with Crippen molar-refractivity contribution in [2.45, 2.75) is 37.6 Å². The predicted octanol–water partition coefficient (Wildman–Crippen LogP) is 3.46. The summed E-state index contributed by atoms with van der Waals surface area (Å²) in [4.78, 5) is 35.9. The van der Waals surface area contributed by atoms with E-state index in [4.69, 9.17) is 22.2 Å². The Labute approximate surface area is 238 Å². The van der Waals surface area contributed by atoms with Crippen molar-refractivity contribution in [1.29, 1.82) is 5.26 Å². The van der Waals surface area contributed by atoms with Crippen molar-refractivity contribution in [3.8, 4) is 6.07 Å². The van der Waals surface area contributed by atoms with Gasteiger partial charge in [0.1, 0.15) is 24.0 Å². The molecule has 2 saturated heterocycles. The first-order chi connectivity index (χ1) is 19.5. The molecule has 2 aromatic rings. The van der Waals surface area contributed by atoms with Crippen LogP contribution in [0.5, 0.6) is 0 Å². The Morgan fingerprint density at radius 3 is 2.46 bits per heavy atom. The molecule has 14 heteroatoms. The first-order valence-electron chi connectivity index (χ1n) is 12.9. The molecule has 2 amide bonds. The maximum atomic E-state index is 15.2. The SMILES string of the molecule is CN1CCN(C(=O)COCc2ccc(N3C(=S)N(c4cnc(C#N)c(C(F)(F)F)c4)C(=O)C34CCC4)cc2F)CC1.